The van der Waals surface area contributed by atoms with Crippen LogP contribution in [0.15, 0.2) is 47.6 Å². The van der Waals surface area contributed by atoms with Crippen LogP contribution in [0, 0.1) is 11.7 Å². The number of benzene rings is 1. The summed E-state index contributed by atoms with van der Waals surface area (Å²) in [5, 5.41) is 4.19. The van der Waals surface area contributed by atoms with E-state index in [1.165, 1.54) is 18.6 Å². The molecule has 0 amide bonds. The number of halogens is 1. The van der Waals surface area contributed by atoms with Crippen LogP contribution in [0.25, 0.3) is 11.5 Å². The second-order valence-electron chi connectivity index (χ2n) is 6.52. The average Bonchev–Trinajstić information content (AvgIpc) is 3.27. The van der Waals surface area contributed by atoms with Crippen molar-refractivity contribution in [3.8, 4) is 11.5 Å². The van der Waals surface area contributed by atoms with E-state index in [0.29, 0.717) is 17.4 Å². The molecule has 3 heterocycles. The van der Waals surface area contributed by atoms with Gasteiger partial charge in [-0.25, -0.2) is 14.4 Å². The van der Waals surface area contributed by atoms with Crippen LogP contribution in [0.2, 0.25) is 0 Å². The van der Waals surface area contributed by atoms with Gasteiger partial charge >= 0.3 is 0 Å². The van der Waals surface area contributed by atoms with Crippen molar-refractivity contribution < 1.29 is 8.81 Å². The lowest BCUT2D eigenvalue weighted by atomic mass is 9.98. The normalized spacial score (nSPS) is 18.5. The maximum atomic E-state index is 13.3. The third-order valence-corrected chi connectivity index (χ3v) is 4.52. The van der Waals surface area contributed by atoms with Gasteiger partial charge in [0.25, 0.3) is 0 Å². The van der Waals surface area contributed by atoms with E-state index in [2.05, 4.69) is 20.0 Å². The minimum absolute atomic E-state index is 0.288. The summed E-state index contributed by atoms with van der Waals surface area (Å²) in [6.45, 7) is 3.69. The summed E-state index contributed by atoms with van der Waals surface area (Å²) >= 11 is 0. The van der Waals surface area contributed by atoms with E-state index in [0.717, 1.165) is 38.3 Å². The van der Waals surface area contributed by atoms with Gasteiger partial charge in [0.1, 0.15) is 24.7 Å². The Bertz CT molecular complexity index is 817. The summed E-state index contributed by atoms with van der Waals surface area (Å²) in [6, 6.07) is 6.31. The molecular formula is C18H20FN5O. The lowest BCUT2D eigenvalue weighted by molar-refractivity contribution is 0.151. The van der Waals surface area contributed by atoms with Gasteiger partial charge in [-0.05, 0) is 43.5 Å². The zero-order valence-electron chi connectivity index (χ0n) is 13.9. The number of rotatable bonds is 5. The highest BCUT2D eigenvalue weighted by Crippen LogP contribution is 2.22. The third kappa shape index (κ3) is 3.93. The summed E-state index contributed by atoms with van der Waals surface area (Å²) in [5.41, 5.74) is 1.54. The SMILES string of the molecule is Fc1cccc(-c2nc(CN3CCC[C@H](Cn4cncn4)C3)co2)c1. The Morgan fingerprint density at radius 2 is 2.28 bits per heavy atom. The maximum Gasteiger partial charge on any atom is 0.226 e. The monoisotopic (exact) mass is 341 g/mol. The van der Waals surface area contributed by atoms with Crippen molar-refractivity contribution in [3.05, 3.63) is 54.7 Å². The van der Waals surface area contributed by atoms with Gasteiger partial charge in [0.05, 0.1) is 5.69 Å². The quantitative estimate of drug-likeness (QED) is 0.714. The number of oxazole rings is 1. The molecule has 4 rings (SSSR count). The Morgan fingerprint density at radius 1 is 1.32 bits per heavy atom. The number of aromatic nitrogens is 4. The molecule has 0 bridgehead atoms. The Morgan fingerprint density at radius 3 is 3.12 bits per heavy atom. The van der Waals surface area contributed by atoms with Gasteiger partial charge in [0.2, 0.25) is 5.89 Å². The standard InChI is InChI=1S/C18H20FN5O/c19-16-5-1-4-15(7-16)18-22-17(11-25-18)10-23-6-2-3-14(8-23)9-24-13-20-12-21-24/h1,4-5,7,11-14H,2-3,6,8-10H2/t14-/m0/s1. The molecule has 1 saturated heterocycles. The molecule has 130 valence electrons. The van der Waals surface area contributed by atoms with E-state index in [-0.39, 0.29) is 5.82 Å². The highest BCUT2D eigenvalue weighted by molar-refractivity contribution is 5.52. The first-order valence-corrected chi connectivity index (χ1v) is 8.51. The van der Waals surface area contributed by atoms with E-state index < -0.39 is 0 Å². The minimum Gasteiger partial charge on any atom is -0.444 e. The van der Waals surface area contributed by atoms with Gasteiger partial charge in [-0.2, -0.15) is 5.10 Å². The Hall–Kier alpha value is -2.54. The van der Waals surface area contributed by atoms with Crippen molar-refractivity contribution in [2.24, 2.45) is 5.92 Å². The molecule has 1 aromatic carbocycles. The summed E-state index contributed by atoms with van der Waals surface area (Å²) in [5.74, 6) is 0.736. The largest absolute Gasteiger partial charge is 0.444 e. The van der Waals surface area contributed by atoms with Crippen molar-refractivity contribution in [1.29, 1.82) is 0 Å². The fourth-order valence-electron chi connectivity index (χ4n) is 3.40. The molecule has 0 saturated carbocycles. The maximum absolute atomic E-state index is 13.3. The van der Waals surface area contributed by atoms with Crippen molar-refractivity contribution in [3.63, 3.8) is 0 Å². The summed E-state index contributed by atoms with van der Waals surface area (Å²) in [7, 11) is 0. The van der Waals surface area contributed by atoms with Gasteiger partial charge in [0, 0.05) is 25.2 Å². The first-order chi connectivity index (χ1) is 12.3. The highest BCUT2D eigenvalue weighted by atomic mass is 19.1. The van der Waals surface area contributed by atoms with Gasteiger partial charge in [-0.15, -0.1) is 0 Å². The molecule has 1 fully saturated rings. The van der Waals surface area contributed by atoms with E-state index in [1.807, 2.05) is 4.68 Å². The van der Waals surface area contributed by atoms with Crippen LogP contribution >= 0.6 is 0 Å². The van der Waals surface area contributed by atoms with Crippen LogP contribution in [-0.4, -0.2) is 37.7 Å². The topological polar surface area (TPSA) is 60.0 Å². The molecule has 3 aromatic rings. The van der Waals surface area contributed by atoms with Crippen molar-refractivity contribution in [2.75, 3.05) is 13.1 Å². The van der Waals surface area contributed by atoms with Crippen LogP contribution in [-0.2, 0) is 13.1 Å². The molecule has 0 radical (unpaired) electrons. The fraction of sp³-hybridized carbons (Fsp3) is 0.389. The molecule has 0 aliphatic carbocycles. The van der Waals surface area contributed by atoms with Gasteiger partial charge in [-0.3, -0.25) is 9.58 Å². The van der Waals surface area contributed by atoms with Gasteiger partial charge in [-0.1, -0.05) is 6.07 Å². The lowest BCUT2D eigenvalue weighted by Crippen LogP contribution is -2.36. The van der Waals surface area contributed by atoms with Gasteiger partial charge in [0.15, 0.2) is 0 Å². The van der Waals surface area contributed by atoms with Crippen LogP contribution in [0.1, 0.15) is 18.5 Å². The summed E-state index contributed by atoms with van der Waals surface area (Å²) in [4.78, 5) is 10.9. The van der Waals surface area contributed by atoms with Crippen LogP contribution in [0.5, 0.6) is 0 Å². The van der Waals surface area contributed by atoms with Crippen molar-refractivity contribution >= 4 is 0 Å². The first kappa shape index (κ1) is 16.0. The van der Waals surface area contributed by atoms with E-state index in [1.54, 1.807) is 31.1 Å². The highest BCUT2D eigenvalue weighted by Gasteiger charge is 2.21. The molecule has 25 heavy (non-hydrogen) atoms. The predicted octanol–water partition coefficient (Wildman–Crippen LogP) is 2.98. The van der Waals surface area contributed by atoms with E-state index >= 15 is 0 Å². The van der Waals surface area contributed by atoms with Crippen LogP contribution < -0.4 is 0 Å². The molecule has 7 heteroatoms. The average molecular weight is 341 g/mol. The number of nitrogens with zero attached hydrogens (tertiary/aromatic N) is 5. The Balaban J connectivity index is 1.38. The number of piperidine rings is 1. The molecule has 0 spiro atoms. The Kier molecular flexibility index (Phi) is 4.56. The van der Waals surface area contributed by atoms with Crippen LogP contribution in [0.4, 0.5) is 4.39 Å². The number of hydrogen-bond acceptors (Lipinski definition) is 5. The molecule has 6 nitrogen and oxygen atoms in total. The molecular weight excluding hydrogens is 321 g/mol. The smallest absolute Gasteiger partial charge is 0.226 e. The molecule has 0 unspecified atom stereocenters. The lowest BCUT2D eigenvalue weighted by Gasteiger charge is -2.31. The zero-order chi connectivity index (χ0) is 17.1. The molecule has 1 aliphatic heterocycles. The Labute approximate surface area is 145 Å². The molecule has 0 N–H and O–H groups in total. The van der Waals surface area contributed by atoms with Gasteiger partial charge < -0.3 is 4.42 Å². The molecule has 2 aromatic heterocycles. The third-order valence-electron chi connectivity index (χ3n) is 4.52. The number of hydrogen-bond donors (Lipinski definition) is 0. The molecule has 1 aliphatic rings. The van der Waals surface area contributed by atoms with Crippen molar-refractivity contribution in [2.45, 2.75) is 25.9 Å². The summed E-state index contributed by atoms with van der Waals surface area (Å²) in [6.07, 6.45) is 7.37. The predicted molar refractivity (Wildman–Crippen MR) is 89.9 cm³/mol. The minimum atomic E-state index is -0.288. The fourth-order valence-corrected chi connectivity index (χ4v) is 3.40. The number of likely N-dealkylation sites (tertiary alicyclic amines) is 1. The van der Waals surface area contributed by atoms with E-state index in [9.17, 15) is 4.39 Å². The van der Waals surface area contributed by atoms with E-state index in [4.69, 9.17) is 4.42 Å². The first-order valence-electron chi connectivity index (χ1n) is 8.51. The second kappa shape index (κ2) is 7.14. The second-order valence-corrected chi connectivity index (χ2v) is 6.52. The summed E-state index contributed by atoms with van der Waals surface area (Å²) < 4.78 is 20.8. The molecule has 1 atom stereocenters. The van der Waals surface area contributed by atoms with Crippen molar-refractivity contribution in [1.82, 2.24) is 24.6 Å². The van der Waals surface area contributed by atoms with Crippen LogP contribution in [0.3, 0.4) is 0 Å². The zero-order valence-corrected chi connectivity index (χ0v) is 13.9.